The first-order chi connectivity index (χ1) is 17.9. The minimum atomic E-state index is -0.584. The third kappa shape index (κ3) is 6.07. The van der Waals surface area contributed by atoms with Crippen LogP contribution >= 0.6 is 11.6 Å². The maximum Gasteiger partial charge on any atom is 0.258 e. The number of amides is 2. The molecule has 0 radical (unpaired) electrons. The van der Waals surface area contributed by atoms with Crippen LogP contribution in [0, 0.1) is 29.5 Å². The number of fused-ring (bicyclic) bond motifs is 2. The SMILES string of the molecule is CCC1NOC(C(=O)NC2C[C@H](NC(=O)COc3ccc(Cl)c(F)c3)C3CC2C3)C1C1CCCCCC1. The van der Waals surface area contributed by atoms with E-state index in [1.165, 1.54) is 56.7 Å². The summed E-state index contributed by atoms with van der Waals surface area (Å²) in [6, 6.07) is 4.32. The van der Waals surface area contributed by atoms with E-state index in [0.717, 1.165) is 19.3 Å². The molecule has 1 heterocycles. The number of halogens is 2. The van der Waals surface area contributed by atoms with Crippen molar-refractivity contribution in [1.29, 1.82) is 0 Å². The van der Waals surface area contributed by atoms with Gasteiger partial charge in [-0.2, -0.15) is 5.48 Å². The molecule has 204 valence electrons. The van der Waals surface area contributed by atoms with Crippen LogP contribution in [0.3, 0.4) is 0 Å². The van der Waals surface area contributed by atoms with Crippen LogP contribution in [0.25, 0.3) is 0 Å². The molecule has 2 bridgehead atoms. The summed E-state index contributed by atoms with van der Waals surface area (Å²) in [5, 5.41) is 6.40. The molecule has 5 atom stereocenters. The van der Waals surface area contributed by atoms with Gasteiger partial charge in [0.25, 0.3) is 11.8 Å². The highest BCUT2D eigenvalue weighted by molar-refractivity contribution is 6.30. The quantitative estimate of drug-likeness (QED) is 0.426. The molecule has 4 saturated carbocycles. The lowest BCUT2D eigenvalue weighted by atomic mass is 9.60. The van der Waals surface area contributed by atoms with Gasteiger partial charge < -0.3 is 15.4 Å². The van der Waals surface area contributed by atoms with Gasteiger partial charge in [-0.3, -0.25) is 14.4 Å². The van der Waals surface area contributed by atoms with E-state index in [4.69, 9.17) is 21.2 Å². The van der Waals surface area contributed by atoms with Crippen LogP contribution < -0.4 is 20.9 Å². The molecule has 4 unspecified atom stereocenters. The van der Waals surface area contributed by atoms with E-state index in [-0.39, 0.29) is 53.2 Å². The zero-order valence-corrected chi connectivity index (χ0v) is 22.3. The highest BCUT2D eigenvalue weighted by Gasteiger charge is 2.50. The molecule has 1 saturated heterocycles. The van der Waals surface area contributed by atoms with Crippen molar-refractivity contribution in [2.75, 3.05) is 6.61 Å². The average Bonchev–Trinajstić information content (AvgIpc) is 3.11. The topological polar surface area (TPSA) is 88.7 Å². The molecule has 1 aromatic rings. The summed E-state index contributed by atoms with van der Waals surface area (Å²) >= 11 is 5.70. The van der Waals surface area contributed by atoms with Crippen molar-refractivity contribution >= 4 is 23.4 Å². The predicted octanol–water partition coefficient (Wildman–Crippen LogP) is 4.53. The van der Waals surface area contributed by atoms with Crippen molar-refractivity contribution in [3.8, 4) is 5.75 Å². The molecular formula is C28H39ClFN3O4. The van der Waals surface area contributed by atoms with Gasteiger partial charge in [-0.1, -0.05) is 57.0 Å². The van der Waals surface area contributed by atoms with E-state index >= 15 is 0 Å². The lowest BCUT2D eigenvalue weighted by Crippen LogP contribution is -2.61. The zero-order chi connectivity index (χ0) is 25.9. The van der Waals surface area contributed by atoms with Gasteiger partial charge in [-0.15, -0.1) is 0 Å². The maximum atomic E-state index is 13.6. The summed E-state index contributed by atoms with van der Waals surface area (Å²) in [5.74, 6) is 0.979. The number of hydrogen-bond acceptors (Lipinski definition) is 5. The molecule has 5 aliphatic rings. The van der Waals surface area contributed by atoms with Crippen LogP contribution in [-0.2, 0) is 14.4 Å². The number of rotatable bonds is 8. The minimum absolute atomic E-state index is 0.0104. The molecule has 1 aromatic carbocycles. The Morgan fingerprint density at radius 2 is 1.76 bits per heavy atom. The lowest BCUT2D eigenvalue weighted by Gasteiger charge is -2.51. The zero-order valence-electron chi connectivity index (χ0n) is 21.5. The van der Waals surface area contributed by atoms with Crippen LogP contribution in [-0.4, -0.2) is 42.7 Å². The number of ether oxygens (including phenoxy) is 1. The highest BCUT2D eigenvalue weighted by Crippen LogP contribution is 2.46. The Hall–Kier alpha value is -1.90. The Morgan fingerprint density at radius 3 is 2.43 bits per heavy atom. The standard InChI is InChI=1S/C28H39ClFN3O4/c1-2-22-26(16-7-5-3-4-6-8-16)27(37-33-22)28(35)32-24-14-23(17-11-18(24)12-17)31-25(34)15-36-19-9-10-20(29)21(30)13-19/h9-10,13,16-18,22-24,26-27,33H,2-8,11-12,14-15H2,1H3,(H,31,34)(H,32,35)/t17?,18?,22?,23-,24?,26?,27?/m0/s1. The second-order valence-corrected chi connectivity index (χ2v) is 11.8. The van der Waals surface area contributed by atoms with Crippen molar-refractivity contribution in [2.45, 2.75) is 95.4 Å². The third-order valence-electron chi connectivity index (χ3n) is 9.09. The van der Waals surface area contributed by atoms with Gasteiger partial charge in [0.1, 0.15) is 11.6 Å². The molecule has 4 aliphatic carbocycles. The molecule has 9 heteroatoms. The summed E-state index contributed by atoms with van der Waals surface area (Å²) in [5.41, 5.74) is 3.17. The normalized spacial score (nSPS) is 33.8. The molecule has 37 heavy (non-hydrogen) atoms. The molecule has 0 aromatic heterocycles. The number of nitrogens with one attached hydrogen (secondary N) is 3. The van der Waals surface area contributed by atoms with E-state index in [2.05, 4.69) is 23.0 Å². The summed E-state index contributed by atoms with van der Waals surface area (Å²) in [4.78, 5) is 32.0. The minimum Gasteiger partial charge on any atom is -0.484 e. The lowest BCUT2D eigenvalue weighted by molar-refractivity contribution is -0.138. The van der Waals surface area contributed by atoms with Crippen molar-refractivity contribution in [2.24, 2.45) is 23.7 Å². The highest BCUT2D eigenvalue weighted by atomic mass is 35.5. The fourth-order valence-electron chi connectivity index (χ4n) is 6.99. The first kappa shape index (κ1) is 26.7. The van der Waals surface area contributed by atoms with Crippen molar-refractivity contribution in [3.63, 3.8) is 0 Å². The molecular weight excluding hydrogens is 497 g/mol. The van der Waals surface area contributed by atoms with E-state index in [0.29, 0.717) is 24.2 Å². The third-order valence-corrected chi connectivity index (χ3v) is 9.40. The molecule has 5 fully saturated rings. The number of hydrogen-bond donors (Lipinski definition) is 3. The number of benzene rings is 1. The Bertz CT molecular complexity index is 967. The van der Waals surface area contributed by atoms with Crippen molar-refractivity contribution < 1.29 is 23.6 Å². The van der Waals surface area contributed by atoms with Crippen LogP contribution in [0.15, 0.2) is 18.2 Å². The Balaban J connectivity index is 1.15. The molecule has 0 spiro atoms. The largest absolute Gasteiger partial charge is 0.484 e. The van der Waals surface area contributed by atoms with Crippen molar-refractivity contribution in [1.82, 2.24) is 16.1 Å². The molecule has 3 N–H and O–H groups in total. The van der Waals surface area contributed by atoms with Gasteiger partial charge in [0.05, 0.1) is 5.02 Å². The molecule has 1 aliphatic heterocycles. The van der Waals surface area contributed by atoms with Gasteiger partial charge in [0.15, 0.2) is 12.7 Å². The van der Waals surface area contributed by atoms with Gasteiger partial charge in [-0.05, 0) is 55.6 Å². The number of carbonyl (C=O) groups is 2. The summed E-state index contributed by atoms with van der Waals surface area (Å²) in [6.07, 6.45) is 10.5. The van der Waals surface area contributed by atoms with Crippen molar-refractivity contribution in [3.05, 3.63) is 29.0 Å². The molecule has 6 rings (SSSR count). The first-order valence-electron chi connectivity index (χ1n) is 14.0. The van der Waals surface area contributed by atoms with Gasteiger partial charge in [0.2, 0.25) is 0 Å². The van der Waals surface area contributed by atoms with Crippen LogP contribution in [0.2, 0.25) is 5.02 Å². The Kier molecular flexibility index (Phi) is 8.57. The first-order valence-corrected chi connectivity index (χ1v) is 14.4. The molecule has 2 amide bonds. The summed E-state index contributed by atoms with van der Waals surface area (Å²) in [7, 11) is 0. The Morgan fingerprint density at radius 1 is 1.05 bits per heavy atom. The van der Waals surface area contributed by atoms with Gasteiger partial charge >= 0.3 is 0 Å². The fraction of sp³-hybridized carbons (Fsp3) is 0.714. The number of hydroxylamine groups is 1. The Labute approximate surface area is 223 Å². The van der Waals surface area contributed by atoms with E-state index in [1.807, 2.05) is 0 Å². The second kappa shape index (κ2) is 11.9. The van der Waals surface area contributed by atoms with Gasteiger partial charge in [0, 0.05) is 30.1 Å². The van der Waals surface area contributed by atoms with E-state index < -0.39 is 11.9 Å². The number of carbonyl (C=O) groups excluding carboxylic acids is 2. The van der Waals surface area contributed by atoms with Crippen LogP contribution in [0.4, 0.5) is 4.39 Å². The average molecular weight is 536 g/mol. The smallest absolute Gasteiger partial charge is 0.258 e. The van der Waals surface area contributed by atoms with Crippen LogP contribution in [0.5, 0.6) is 5.75 Å². The second-order valence-electron chi connectivity index (χ2n) is 11.4. The summed E-state index contributed by atoms with van der Waals surface area (Å²) in [6.45, 7) is 1.95. The monoisotopic (exact) mass is 535 g/mol. The fourth-order valence-corrected chi connectivity index (χ4v) is 7.11. The molecule has 7 nitrogen and oxygen atoms in total. The van der Waals surface area contributed by atoms with Gasteiger partial charge in [-0.25, -0.2) is 4.39 Å². The van der Waals surface area contributed by atoms with Crippen LogP contribution in [0.1, 0.15) is 71.1 Å². The maximum absolute atomic E-state index is 13.6. The van der Waals surface area contributed by atoms with E-state index in [9.17, 15) is 14.0 Å². The van der Waals surface area contributed by atoms with E-state index in [1.54, 1.807) is 0 Å². The summed E-state index contributed by atoms with van der Waals surface area (Å²) < 4.78 is 19.1. The predicted molar refractivity (Wildman–Crippen MR) is 138 cm³/mol.